The van der Waals surface area contributed by atoms with Crippen molar-refractivity contribution < 1.29 is 27.4 Å². The minimum Gasteiger partial charge on any atom is -0.497 e. The minimum atomic E-state index is -0.501. The van der Waals surface area contributed by atoms with Crippen LogP contribution in [0.1, 0.15) is 30.4 Å². The first-order valence-corrected chi connectivity index (χ1v) is 12.6. The summed E-state index contributed by atoms with van der Waals surface area (Å²) in [6.07, 6.45) is 5.18. The molecule has 1 fully saturated rings. The number of aromatic nitrogens is 1. The summed E-state index contributed by atoms with van der Waals surface area (Å²) in [5, 5.41) is 0.715. The Morgan fingerprint density at radius 3 is 2.71 bits per heavy atom. The number of ether oxygens (including phenoxy) is 2. The van der Waals surface area contributed by atoms with E-state index in [1.807, 2.05) is 13.0 Å². The Kier molecular flexibility index (Phi) is 9.01. The number of esters is 1. The van der Waals surface area contributed by atoms with Crippen LogP contribution in [0.4, 0.5) is 13.2 Å². The van der Waals surface area contributed by atoms with E-state index in [4.69, 9.17) is 9.47 Å². The molecule has 4 rings (SSSR count). The second-order valence-electron chi connectivity index (χ2n) is 9.50. The number of hydrogen-bond acceptors (Lipinski definition) is 6. The van der Waals surface area contributed by atoms with Crippen LogP contribution in [0.15, 0.2) is 48.7 Å². The first-order chi connectivity index (χ1) is 18.3. The zero-order valence-electron chi connectivity index (χ0n) is 21.8. The van der Waals surface area contributed by atoms with E-state index in [-0.39, 0.29) is 23.3 Å². The molecule has 202 valence electrons. The maximum atomic E-state index is 14.9. The lowest BCUT2D eigenvalue weighted by molar-refractivity contribution is -0.149. The highest BCUT2D eigenvalue weighted by molar-refractivity contribution is 5.84. The number of methoxy groups -OCH3 is 2. The fourth-order valence-electron chi connectivity index (χ4n) is 4.94. The van der Waals surface area contributed by atoms with Gasteiger partial charge < -0.3 is 9.47 Å². The van der Waals surface area contributed by atoms with Crippen LogP contribution in [0, 0.1) is 17.5 Å². The fraction of sp³-hybridized carbons (Fsp3) is 0.379. The molecular formula is C29H32F3N3O3. The molecule has 1 aromatic heterocycles. The summed E-state index contributed by atoms with van der Waals surface area (Å²) in [5.41, 5.74) is 1.45. The molecule has 2 atom stereocenters. The van der Waals surface area contributed by atoms with Gasteiger partial charge in [-0.05, 0) is 55.3 Å². The monoisotopic (exact) mass is 527 g/mol. The molecular weight excluding hydrogens is 495 g/mol. The molecule has 6 nitrogen and oxygen atoms in total. The van der Waals surface area contributed by atoms with E-state index in [9.17, 15) is 18.0 Å². The van der Waals surface area contributed by atoms with Gasteiger partial charge in [-0.25, -0.2) is 13.2 Å². The van der Waals surface area contributed by atoms with Crippen molar-refractivity contribution in [3.8, 4) is 5.75 Å². The summed E-state index contributed by atoms with van der Waals surface area (Å²) in [5.74, 6) is -1.20. The highest BCUT2D eigenvalue weighted by Crippen LogP contribution is 2.32. The topological polar surface area (TPSA) is 54.9 Å². The summed E-state index contributed by atoms with van der Waals surface area (Å²) in [6.45, 7) is 4.75. The summed E-state index contributed by atoms with van der Waals surface area (Å²) < 4.78 is 52.6. The molecule has 0 saturated carbocycles. The predicted octanol–water partition coefficient (Wildman–Crippen LogP) is 5.03. The second-order valence-corrected chi connectivity index (χ2v) is 9.50. The van der Waals surface area contributed by atoms with Gasteiger partial charge in [0.2, 0.25) is 0 Å². The highest BCUT2D eigenvalue weighted by Gasteiger charge is 2.33. The molecule has 1 unspecified atom stereocenters. The predicted molar refractivity (Wildman–Crippen MR) is 140 cm³/mol. The molecule has 0 spiro atoms. The molecule has 2 heterocycles. The van der Waals surface area contributed by atoms with E-state index < -0.39 is 17.7 Å². The Balaban J connectivity index is 1.42. The lowest BCUT2D eigenvalue weighted by Gasteiger charge is -2.40. The van der Waals surface area contributed by atoms with Gasteiger partial charge in [-0.15, -0.1) is 0 Å². The molecule has 0 aliphatic carbocycles. The lowest BCUT2D eigenvalue weighted by atomic mass is 9.93. The molecule has 0 N–H and O–H groups in total. The van der Waals surface area contributed by atoms with Gasteiger partial charge in [0.1, 0.15) is 29.2 Å². The number of hydrogen-bond donors (Lipinski definition) is 0. The van der Waals surface area contributed by atoms with Crippen molar-refractivity contribution in [3.63, 3.8) is 0 Å². The summed E-state index contributed by atoms with van der Waals surface area (Å²) in [4.78, 5) is 21.0. The second kappa shape index (κ2) is 12.4. The molecule has 0 bridgehead atoms. The highest BCUT2D eigenvalue weighted by atomic mass is 19.1. The van der Waals surface area contributed by atoms with Crippen LogP contribution in [0.3, 0.4) is 0 Å². The van der Waals surface area contributed by atoms with Crippen LogP contribution in [0.2, 0.25) is 0 Å². The van der Waals surface area contributed by atoms with Crippen molar-refractivity contribution in [2.24, 2.45) is 0 Å². The van der Waals surface area contributed by atoms with Gasteiger partial charge in [-0.1, -0.05) is 19.1 Å². The van der Waals surface area contributed by atoms with Crippen LogP contribution in [-0.4, -0.2) is 73.7 Å². The number of nitrogens with zero attached hydrogens (tertiary/aromatic N) is 3. The maximum absolute atomic E-state index is 14.9. The third kappa shape index (κ3) is 6.34. The largest absolute Gasteiger partial charge is 0.497 e. The zero-order valence-corrected chi connectivity index (χ0v) is 21.8. The molecule has 9 heteroatoms. The first kappa shape index (κ1) is 27.6. The summed E-state index contributed by atoms with van der Waals surface area (Å²) >= 11 is 0. The molecule has 0 radical (unpaired) electrons. The summed E-state index contributed by atoms with van der Waals surface area (Å²) in [6, 6.07) is 8.25. The van der Waals surface area contributed by atoms with E-state index in [0.717, 1.165) is 18.2 Å². The quantitative estimate of drug-likeness (QED) is 0.364. The number of fused-ring (bicyclic) bond motifs is 1. The van der Waals surface area contributed by atoms with Crippen LogP contribution in [0.25, 0.3) is 17.0 Å². The van der Waals surface area contributed by atoms with Crippen molar-refractivity contribution in [3.05, 3.63) is 77.2 Å². The van der Waals surface area contributed by atoms with Crippen molar-refractivity contribution in [2.75, 3.05) is 46.9 Å². The van der Waals surface area contributed by atoms with Crippen LogP contribution in [0.5, 0.6) is 5.75 Å². The number of piperazine rings is 1. The Labute approximate surface area is 220 Å². The number of carbonyl (C=O) groups is 1. The molecule has 2 aromatic carbocycles. The number of rotatable bonds is 9. The molecule has 3 aromatic rings. The SMILES string of the molecule is COC(=O)[C@H]1CN(C/C=C/c2cc(F)ccc2F)CCN1CCC(C)c1c(F)cnc2ccc(OC)cc12. The average Bonchev–Trinajstić information content (AvgIpc) is 2.93. The average molecular weight is 528 g/mol. The molecule has 1 aliphatic heterocycles. The van der Waals surface area contributed by atoms with Crippen molar-refractivity contribution >= 4 is 22.9 Å². The van der Waals surface area contributed by atoms with E-state index in [1.165, 1.54) is 13.3 Å². The number of halogens is 3. The van der Waals surface area contributed by atoms with Gasteiger partial charge in [-0.2, -0.15) is 0 Å². The normalized spacial score (nSPS) is 17.7. The molecule has 1 saturated heterocycles. The Morgan fingerprint density at radius 1 is 1.13 bits per heavy atom. The molecule has 0 amide bonds. The van der Waals surface area contributed by atoms with Crippen LogP contribution >= 0.6 is 0 Å². The smallest absolute Gasteiger partial charge is 0.324 e. The molecule has 1 aliphatic rings. The van der Waals surface area contributed by atoms with Gasteiger partial charge in [0.15, 0.2) is 0 Å². The van der Waals surface area contributed by atoms with Crippen molar-refractivity contribution in [1.82, 2.24) is 14.8 Å². The van der Waals surface area contributed by atoms with E-state index in [1.54, 1.807) is 31.4 Å². The van der Waals surface area contributed by atoms with Gasteiger partial charge >= 0.3 is 5.97 Å². The maximum Gasteiger partial charge on any atom is 0.324 e. The van der Waals surface area contributed by atoms with Crippen LogP contribution < -0.4 is 4.74 Å². The first-order valence-electron chi connectivity index (χ1n) is 12.6. The number of carbonyl (C=O) groups excluding carboxylic acids is 1. The number of pyridine rings is 1. The van der Waals surface area contributed by atoms with Gasteiger partial charge in [0.05, 0.1) is 25.9 Å². The third-order valence-electron chi connectivity index (χ3n) is 7.08. The minimum absolute atomic E-state index is 0.131. The fourth-order valence-corrected chi connectivity index (χ4v) is 4.94. The van der Waals surface area contributed by atoms with Gasteiger partial charge in [0, 0.05) is 42.7 Å². The van der Waals surface area contributed by atoms with Crippen molar-refractivity contribution in [2.45, 2.75) is 25.3 Å². The van der Waals surface area contributed by atoms with E-state index >= 15 is 0 Å². The summed E-state index contributed by atoms with van der Waals surface area (Å²) in [7, 11) is 2.93. The third-order valence-corrected chi connectivity index (χ3v) is 7.08. The lowest BCUT2D eigenvalue weighted by Crippen LogP contribution is -2.56. The van der Waals surface area contributed by atoms with Crippen molar-refractivity contribution in [1.29, 1.82) is 0 Å². The number of benzene rings is 2. The van der Waals surface area contributed by atoms with Crippen LogP contribution in [-0.2, 0) is 9.53 Å². The van der Waals surface area contributed by atoms with Gasteiger partial charge in [0.25, 0.3) is 0 Å². The Hall–Kier alpha value is -3.43. The Morgan fingerprint density at radius 2 is 1.95 bits per heavy atom. The van der Waals surface area contributed by atoms with Gasteiger partial charge in [-0.3, -0.25) is 19.6 Å². The molecule has 38 heavy (non-hydrogen) atoms. The van der Waals surface area contributed by atoms with E-state index in [0.29, 0.717) is 61.4 Å². The standard InChI is InChI=1S/C29H32F3N3O3/c1-19(28-23-16-22(37-2)7-9-26(23)33-17-25(28)32)10-12-35-14-13-34(18-27(35)29(36)38-3)11-4-5-20-15-21(30)6-8-24(20)31/h4-9,15-17,19,27H,10-14,18H2,1-3H3/b5-4+/t19?,27-/m1/s1. The Bertz CT molecular complexity index is 1320. The van der Waals surface area contributed by atoms with E-state index in [2.05, 4.69) is 14.8 Å². The zero-order chi connectivity index (χ0) is 27.2.